The Morgan fingerprint density at radius 3 is 2.90 bits per heavy atom. The van der Waals surface area contributed by atoms with Gasteiger partial charge in [0.25, 0.3) is 5.91 Å². The van der Waals surface area contributed by atoms with E-state index >= 15 is 0 Å². The van der Waals surface area contributed by atoms with Crippen molar-refractivity contribution in [2.24, 2.45) is 0 Å². The van der Waals surface area contributed by atoms with Crippen LogP contribution < -0.4 is 10.6 Å². The predicted octanol–water partition coefficient (Wildman–Crippen LogP) is 3.51. The number of aryl methyl sites for hydroxylation is 1. The lowest BCUT2D eigenvalue weighted by Crippen LogP contribution is -2.14. The van der Waals surface area contributed by atoms with Crippen molar-refractivity contribution in [1.82, 2.24) is 9.97 Å². The topological polar surface area (TPSA) is 66.9 Å². The van der Waals surface area contributed by atoms with Crippen molar-refractivity contribution in [3.8, 4) is 0 Å². The van der Waals surface area contributed by atoms with Gasteiger partial charge < -0.3 is 10.6 Å². The highest BCUT2D eigenvalue weighted by Crippen LogP contribution is 2.17. The maximum atomic E-state index is 12.3. The summed E-state index contributed by atoms with van der Waals surface area (Å²) in [7, 11) is 0. The molecule has 0 aliphatic carbocycles. The number of carbonyl (C=O) groups is 1. The molecule has 2 rings (SSSR count). The number of nitrogens with zero attached hydrogens (tertiary/aromatic N) is 2. The maximum absolute atomic E-state index is 12.3. The first-order valence-electron chi connectivity index (χ1n) is 6.74. The molecule has 0 atom stereocenters. The van der Waals surface area contributed by atoms with Crippen molar-refractivity contribution in [3.05, 3.63) is 46.9 Å². The van der Waals surface area contributed by atoms with Crippen molar-refractivity contribution in [2.75, 3.05) is 17.2 Å². The minimum Gasteiger partial charge on any atom is -0.370 e. The number of rotatable bonds is 5. The van der Waals surface area contributed by atoms with Gasteiger partial charge in [-0.3, -0.25) is 9.78 Å². The van der Waals surface area contributed by atoms with Crippen LogP contribution in [0, 0.1) is 6.92 Å². The van der Waals surface area contributed by atoms with E-state index in [-0.39, 0.29) is 11.1 Å². The van der Waals surface area contributed by atoms with Gasteiger partial charge in [-0.2, -0.15) is 0 Å². The molecule has 0 bridgehead atoms. The van der Waals surface area contributed by atoms with Crippen LogP contribution in [0.15, 0.2) is 30.5 Å². The number of aromatic nitrogens is 2. The van der Waals surface area contributed by atoms with Crippen molar-refractivity contribution >= 4 is 29.0 Å². The fourth-order valence-corrected chi connectivity index (χ4v) is 1.99. The van der Waals surface area contributed by atoms with Crippen LogP contribution in [0.3, 0.4) is 0 Å². The van der Waals surface area contributed by atoms with Gasteiger partial charge in [-0.25, -0.2) is 4.98 Å². The van der Waals surface area contributed by atoms with Crippen LogP contribution >= 0.6 is 11.6 Å². The third-order valence-electron chi connectivity index (χ3n) is 2.87. The molecule has 0 radical (unpaired) electrons. The molecule has 0 aliphatic heterocycles. The van der Waals surface area contributed by atoms with Crippen LogP contribution in [0.5, 0.6) is 0 Å². The van der Waals surface area contributed by atoms with Gasteiger partial charge >= 0.3 is 0 Å². The summed E-state index contributed by atoms with van der Waals surface area (Å²) < 4.78 is 0. The molecule has 21 heavy (non-hydrogen) atoms. The van der Waals surface area contributed by atoms with Crippen LogP contribution in [0.2, 0.25) is 5.15 Å². The van der Waals surface area contributed by atoms with Crippen molar-refractivity contribution in [1.29, 1.82) is 0 Å². The van der Waals surface area contributed by atoms with Crippen LogP contribution in [0.25, 0.3) is 0 Å². The number of hydrogen-bond acceptors (Lipinski definition) is 4. The second kappa shape index (κ2) is 7.04. The molecule has 0 fully saturated rings. The lowest BCUT2D eigenvalue weighted by atomic mass is 10.2. The molecule has 2 N–H and O–H groups in total. The summed E-state index contributed by atoms with van der Waals surface area (Å²) in [6, 6.07) is 6.80. The molecule has 0 unspecified atom stereocenters. The summed E-state index contributed by atoms with van der Waals surface area (Å²) >= 11 is 5.96. The fraction of sp³-hybridized carbons (Fsp3) is 0.267. The van der Waals surface area contributed by atoms with Crippen molar-refractivity contribution in [2.45, 2.75) is 20.3 Å². The van der Waals surface area contributed by atoms with E-state index < -0.39 is 0 Å². The van der Waals surface area contributed by atoms with Gasteiger partial charge in [-0.15, -0.1) is 0 Å². The summed E-state index contributed by atoms with van der Waals surface area (Å²) in [4.78, 5) is 20.6. The lowest BCUT2D eigenvalue weighted by molar-refractivity contribution is 0.102. The number of hydrogen-bond donors (Lipinski definition) is 2. The third-order valence-corrected chi connectivity index (χ3v) is 3.06. The van der Waals surface area contributed by atoms with Gasteiger partial charge in [0.05, 0.1) is 11.4 Å². The zero-order chi connectivity index (χ0) is 15.2. The Bertz CT molecular complexity index is 645. The Labute approximate surface area is 128 Å². The molecular formula is C15H17ClN4O. The zero-order valence-corrected chi connectivity index (χ0v) is 12.7. The zero-order valence-electron chi connectivity index (χ0n) is 12.0. The minimum atomic E-state index is -0.241. The van der Waals surface area contributed by atoms with Gasteiger partial charge in [0.15, 0.2) is 0 Å². The number of pyridine rings is 2. The molecule has 6 heteroatoms. The molecule has 2 aromatic rings. The van der Waals surface area contributed by atoms with E-state index in [4.69, 9.17) is 11.6 Å². The Balaban J connectivity index is 2.19. The van der Waals surface area contributed by atoms with Crippen LogP contribution in [0.1, 0.15) is 29.4 Å². The van der Waals surface area contributed by atoms with E-state index in [2.05, 4.69) is 27.5 Å². The predicted molar refractivity (Wildman–Crippen MR) is 85.0 cm³/mol. The highest BCUT2D eigenvalue weighted by atomic mass is 35.5. The van der Waals surface area contributed by atoms with Gasteiger partial charge in [0, 0.05) is 18.3 Å². The lowest BCUT2D eigenvalue weighted by Gasteiger charge is -2.09. The summed E-state index contributed by atoms with van der Waals surface area (Å²) in [5.41, 5.74) is 1.89. The first kappa shape index (κ1) is 15.3. The van der Waals surface area contributed by atoms with Crippen LogP contribution in [-0.4, -0.2) is 22.4 Å². The third kappa shape index (κ3) is 4.16. The Morgan fingerprint density at radius 2 is 2.19 bits per heavy atom. The second-order valence-corrected chi connectivity index (χ2v) is 4.97. The molecule has 0 saturated heterocycles. The first-order chi connectivity index (χ1) is 10.1. The van der Waals surface area contributed by atoms with Crippen molar-refractivity contribution in [3.63, 3.8) is 0 Å². The van der Waals surface area contributed by atoms with E-state index in [1.807, 2.05) is 6.92 Å². The number of nitrogens with one attached hydrogen (secondary N) is 2. The second-order valence-electron chi connectivity index (χ2n) is 4.58. The largest absolute Gasteiger partial charge is 0.370 e. The number of amides is 1. The molecule has 2 aromatic heterocycles. The Morgan fingerprint density at radius 1 is 1.38 bits per heavy atom. The molecule has 1 amide bonds. The summed E-state index contributed by atoms with van der Waals surface area (Å²) in [6.07, 6.45) is 2.64. The SMILES string of the molecule is CCCNc1cc(C(=O)Nc2cccnc2C)cc(Cl)n1. The van der Waals surface area contributed by atoms with E-state index in [0.717, 1.165) is 18.7 Å². The number of carbonyl (C=O) groups excluding carboxylic acids is 1. The Kier molecular flexibility index (Phi) is 5.11. The summed E-state index contributed by atoms with van der Waals surface area (Å²) in [6.45, 7) is 4.66. The Hall–Kier alpha value is -2.14. The van der Waals surface area contributed by atoms with Gasteiger partial charge in [-0.1, -0.05) is 18.5 Å². The van der Waals surface area contributed by atoms with E-state index in [1.165, 1.54) is 0 Å². The van der Waals surface area contributed by atoms with E-state index in [1.54, 1.807) is 30.5 Å². The van der Waals surface area contributed by atoms with Crippen LogP contribution in [0.4, 0.5) is 11.5 Å². The molecule has 0 aromatic carbocycles. The van der Waals surface area contributed by atoms with Crippen LogP contribution in [-0.2, 0) is 0 Å². The number of halogens is 1. The molecule has 0 saturated carbocycles. The number of anilines is 2. The summed E-state index contributed by atoms with van der Waals surface area (Å²) in [5, 5.41) is 6.22. The van der Waals surface area contributed by atoms with Crippen molar-refractivity contribution < 1.29 is 4.79 Å². The first-order valence-corrected chi connectivity index (χ1v) is 7.12. The monoisotopic (exact) mass is 304 g/mol. The highest BCUT2D eigenvalue weighted by molar-refractivity contribution is 6.30. The van der Waals surface area contributed by atoms with Gasteiger partial charge in [0.1, 0.15) is 11.0 Å². The van der Waals surface area contributed by atoms with Gasteiger partial charge in [0.2, 0.25) is 0 Å². The molecule has 0 aliphatic rings. The van der Waals surface area contributed by atoms with Gasteiger partial charge in [-0.05, 0) is 37.6 Å². The van der Waals surface area contributed by atoms with E-state index in [0.29, 0.717) is 17.1 Å². The van der Waals surface area contributed by atoms with E-state index in [9.17, 15) is 4.79 Å². The smallest absolute Gasteiger partial charge is 0.255 e. The summed E-state index contributed by atoms with van der Waals surface area (Å²) in [5.74, 6) is 0.354. The molecule has 2 heterocycles. The normalized spacial score (nSPS) is 10.2. The average Bonchev–Trinajstić information content (AvgIpc) is 2.47. The molecular weight excluding hydrogens is 288 g/mol. The molecule has 110 valence electrons. The molecule has 0 spiro atoms. The minimum absolute atomic E-state index is 0.241. The molecule has 5 nitrogen and oxygen atoms in total. The fourth-order valence-electron chi connectivity index (χ4n) is 1.78. The highest BCUT2D eigenvalue weighted by Gasteiger charge is 2.11. The quantitative estimate of drug-likeness (QED) is 0.830. The maximum Gasteiger partial charge on any atom is 0.255 e. The standard InChI is InChI=1S/C15H17ClN4O/c1-3-6-18-14-9-11(8-13(16)20-14)15(21)19-12-5-4-7-17-10(12)2/h4-5,7-9H,3,6H2,1-2H3,(H,18,20)(H,19,21). The average molecular weight is 305 g/mol.